The molecule has 5 heteroatoms. The van der Waals surface area contributed by atoms with E-state index in [0.29, 0.717) is 11.6 Å². The first-order chi connectivity index (χ1) is 7.45. The van der Waals surface area contributed by atoms with E-state index in [2.05, 4.69) is 0 Å². The summed E-state index contributed by atoms with van der Waals surface area (Å²) in [6, 6.07) is 7.34. The molecule has 0 saturated heterocycles. The fourth-order valence-corrected chi connectivity index (χ4v) is 4.27. The SMILES string of the molecule is CS(=O)(=O)[C@@H]1[C@H](CN)[C@H]1c1cccc(Cl)c1. The van der Waals surface area contributed by atoms with E-state index < -0.39 is 9.84 Å². The predicted molar refractivity (Wildman–Crippen MR) is 65.4 cm³/mol. The van der Waals surface area contributed by atoms with Gasteiger partial charge in [0.2, 0.25) is 0 Å². The molecular formula is C11H14ClNO2S. The highest BCUT2D eigenvalue weighted by Gasteiger charge is 2.55. The molecule has 0 heterocycles. The molecule has 1 aliphatic rings. The fourth-order valence-electron chi connectivity index (χ4n) is 2.36. The lowest BCUT2D eigenvalue weighted by molar-refractivity contribution is 0.597. The molecule has 1 saturated carbocycles. The average molecular weight is 260 g/mol. The summed E-state index contributed by atoms with van der Waals surface area (Å²) in [7, 11) is -3.02. The van der Waals surface area contributed by atoms with E-state index in [9.17, 15) is 8.42 Å². The van der Waals surface area contributed by atoms with Crippen LogP contribution in [0, 0.1) is 5.92 Å². The fraction of sp³-hybridized carbons (Fsp3) is 0.455. The summed E-state index contributed by atoms with van der Waals surface area (Å²) >= 11 is 5.89. The van der Waals surface area contributed by atoms with E-state index >= 15 is 0 Å². The first-order valence-electron chi connectivity index (χ1n) is 5.09. The Morgan fingerprint density at radius 2 is 2.12 bits per heavy atom. The third-order valence-corrected chi connectivity index (χ3v) is 4.96. The molecule has 2 rings (SSSR count). The van der Waals surface area contributed by atoms with Gasteiger partial charge in [0.1, 0.15) is 0 Å². The highest BCUT2D eigenvalue weighted by atomic mass is 35.5. The molecule has 0 radical (unpaired) electrons. The van der Waals surface area contributed by atoms with Crippen molar-refractivity contribution in [1.29, 1.82) is 0 Å². The van der Waals surface area contributed by atoms with Gasteiger partial charge in [-0.3, -0.25) is 0 Å². The summed E-state index contributed by atoms with van der Waals surface area (Å²) in [5.74, 6) is 0.0483. The second-order valence-electron chi connectivity index (χ2n) is 4.27. The molecule has 88 valence electrons. The van der Waals surface area contributed by atoms with Crippen molar-refractivity contribution in [3.05, 3.63) is 34.9 Å². The van der Waals surface area contributed by atoms with Crippen LogP contribution in [0.4, 0.5) is 0 Å². The maximum Gasteiger partial charge on any atom is 0.151 e. The van der Waals surface area contributed by atoms with Crippen molar-refractivity contribution in [2.24, 2.45) is 11.7 Å². The third kappa shape index (κ3) is 2.10. The zero-order valence-corrected chi connectivity index (χ0v) is 10.5. The lowest BCUT2D eigenvalue weighted by Crippen LogP contribution is -2.11. The zero-order chi connectivity index (χ0) is 11.9. The van der Waals surface area contributed by atoms with Gasteiger partial charge in [-0.15, -0.1) is 0 Å². The summed E-state index contributed by atoms with van der Waals surface area (Å²) in [6.45, 7) is 0.398. The molecule has 3 atom stereocenters. The van der Waals surface area contributed by atoms with Crippen molar-refractivity contribution in [1.82, 2.24) is 0 Å². The van der Waals surface area contributed by atoms with Crippen molar-refractivity contribution < 1.29 is 8.42 Å². The Hall–Kier alpha value is -0.580. The summed E-state index contributed by atoms with van der Waals surface area (Å²) in [5.41, 5.74) is 6.56. The van der Waals surface area contributed by atoms with Gasteiger partial charge in [0.15, 0.2) is 9.84 Å². The van der Waals surface area contributed by atoms with Crippen LogP contribution in [-0.4, -0.2) is 26.5 Å². The molecule has 0 unspecified atom stereocenters. The van der Waals surface area contributed by atoms with Gasteiger partial charge in [-0.05, 0) is 30.2 Å². The molecule has 0 amide bonds. The Morgan fingerprint density at radius 3 is 2.56 bits per heavy atom. The van der Waals surface area contributed by atoms with Crippen molar-refractivity contribution in [2.75, 3.05) is 12.8 Å². The molecular weight excluding hydrogens is 246 g/mol. The highest BCUT2D eigenvalue weighted by Crippen LogP contribution is 2.51. The minimum absolute atomic E-state index is 0.0127. The van der Waals surface area contributed by atoms with Crippen LogP contribution in [0.2, 0.25) is 5.02 Å². The predicted octanol–water partition coefficient (Wildman–Crippen LogP) is 1.43. The topological polar surface area (TPSA) is 60.2 Å². The molecule has 0 aliphatic heterocycles. The summed E-state index contributed by atoms with van der Waals surface area (Å²) < 4.78 is 23.1. The van der Waals surface area contributed by atoms with Gasteiger partial charge in [-0.1, -0.05) is 23.7 Å². The van der Waals surface area contributed by atoms with Crippen LogP contribution in [0.25, 0.3) is 0 Å². The molecule has 0 bridgehead atoms. The standard InChI is InChI=1S/C11H14ClNO2S/c1-16(14,15)11-9(6-13)10(11)7-3-2-4-8(12)5-7/h2-5,9-11H,6,13H2,1H3/t9-,10-,11-/m1/s1. The molecule has 1 aromatic carbocycles. The van der Waals surface area contributed by atoms with Crippen LogP contribution < -0.4 is 5.73 Å². The molecule has 16 heavy (non-hydrogen) atoms. The monoisotopic (exact) mass is 259 g/mol. The van der Waals surface area contributed by atoms with Crippen molar-refractivity contribution in [3.8, 4) is 0 Å². The van der Waals surface area contributed by atoms with E-state index in [4.69, 9.17) is 17.3 Å². The number of rotatable bonds is 3. The van der Waals surface area contributed by atoms with Gasteiger partial charge in [0.05, 0.1) is 5.25 Å². The minimum Gasteiger partial charge on any atom is -0.330 e. The number of hydrogen-bond acceptors (Lipinski definition) is 3. The molecule has 1 aromatic rings. The Balaban J connectivity index is 2.30. The van der Waals surface area contributed by atoms with Crippen LogP contribution in [-0.2, 0) is 9.84 Å². The third-order valence-electron chi connectivity index (χ3n) is 3.10. The van der Waals surface area contributed by atoms with Gasteiger partial charge in [-0.25, -0.2) is 8.42 Å². The van der Waals surface area contributed by atoms with Gasteiger partial charge in [-0.2, -0.15) is 0 Å². The van der Waals surface area contributed by atoms with E-state index in [1.165, 1.54) is 6.26 Å². The lowest BCUT2D eigenvalue weighted by atomic mass is 10.1. The zero-order valence-electron chi connectivity index (χ0n) is 8.93. The summed E-state index contributed by atoms with van der Waals surface area (Å²) in [6.07, 6.45) is 1.27. The van der Waals surface area contributed by atoms with Crippen LogP contribution >= 0.6 is 11.6 Å². The Kier molecular flexibility index (Phi) is 2.99. The van der Waals surface area contributed by atoms with E-state index in [1.807, 2.05) is 18.2 Å². The molecule has 1 aliphatic carbocycles. The summed E-state index contributed by atoms with van der Waals surface area (Å²) in [5, 5.41) is 0.295. The van der Waals surface area contributed by atoms with Gasteiger partial charge in [0, 0.05) is 17.2 Å². The first-order valence-corrected chi connectivity index (χ1v) is 7.43. The van der Waals surface area contributed by atoms with Gasteiger partial charge >= 0.3 is 0 Å². The number of hydrogen-bond donors (Lipinski definition) is 1. The maximum absolute atomic E-state index is 11.5. The van der Waals surface area contributed by atoms with E-state index in [-0.39, 0.29) is 17.1 Å². The molecule has 1 fully saturated rings. The Bertz CT molecular complexity index is 500. The molecule has 0 spiro atoms. The van der Waals surface area contributed by atoms with Crippen LogP contribution in [0.5, 0.6) is 0 Å². The number of halogens is 1. The van der Waals surface area contributed by atoms with Crippen LogP contribution in [0.15, 0.2) is 24.3 Å². The van der Waals surface area contributed by atoms with Gasteiger partial charge < -0.3 is 5.73 Å². The van der Waals surface area contributed by atoms with Crippen molar-refractivity contribution in [3.63, 3.8) is 0 Å². The first kappa shape index (κ1) is 11.9. The minimum atomic E-state index is -3.02. The number of benzene rings is 1. The van der Waals surface area contributed by atoms with Gasteiger partial charge in [0.25, 0.3) is 0 Å². The van der Waals surface area contributed by atoms with Crippen LogP contribution in [0.1, 0.15) is 11.5 Å². The second-order valence-corrected chi connectivity index (χ2v) is 6.91. The van der Waals surface area contributed by atoms with E-state index in [1.54, 1.807) is 6.07 Å². The van der Waals surface area contributed by atoms with Crippen LogP contribution in [0.3, 0.4) is 0 Å². The smallest absolute Gasteiger partial charge is 0.151 e. The normalized spacial score (nSPS) is 29.1. The Morgan fingerprint density at radius 1 is 1.44 bits per heavy atom. The average Bonchev–Trinajstić information content (AvgIpc) is 2.91. The number of sulfone groups is 1. The molecule has 2 N–H and O–H groups in total. The van der Waals surface area contributed by atoms with Crippen molar-refractivity contribution in [2.45, 2.75) is 11.2 Å². The largest absolute Gasteiger partial charge is 0.330 e. The number of nitrogens with two attached hydrogens (primary N) is 1. The maximum atomic E-state index is 11.5. The quantitative estimate of drug-likeness (QED) is 0.893. The summed E-state index contributed by atoms with van der Waals surface area (Å²) in [4.78, 5) is 0. The second kappa shape index (κ2) is 4.02. The molecule has 0 aromatic heterocycles. The molecule has 3 nitrogen and oxygen atoms in total. The van der Waals surface area contributed by atoms with Crippen molar-refractivity contribution >= 4 is 21.4 Å². The lowest BCUT2D eigenvalue weighted by Gasteiger charge is -1.99. The van der Waals surface area contributed by atoms with E-state index in [0.717, 1.165) is 5.56 Å². The Labute approximate surface area is 101 Å². The highest BCUT2D eigenvalue weighted by molar-refractivity contribution is 7.91.